The zero-order valence-electron chi connectivity index (χ0n) is 18.5. The summed E-state index contributed by atoms with van der Waals surface area (Å²) < 4.78 is 9.25. The van der Waals surface area contributed by atoms with Crippen molar-refractivity contribution in [3.05, 3.63) is 66.5 Å². The quantitative estimate of drug-likeness (QED) is 0.304. The number of benzene rings is 2. The van der Waals surface area contributed by atoms with E-state index in [0.29, 0.717) is 18.8 Å². The molecule has 4 aromatic rings. The minimum absolute atomic E-state index is 0.465. The number of rotatable bonds is 9. The predicted octanol–water partition coefficient (Wildman–Crippen LogP) is 4.26. The van der Waals surface area contributed by atoms with E-state index in [2.05, 4.69) is 47.7 Å². The predicted molar refractivity (Wildman–Crippen MR) is 128 cm³/mol. The summed E-state index contributed by atoms with van der Waals surface area (Å²) in [4.78, 5) is 4.48. The van der Waals surface area contributed by atoms with Crippen molar-refractivity contribution in [2.45, 2.75) is 38.2 Å². The first-order valence-electron chi connectivity index (χ1n) is 10.4. The van der Waals surface area contributed by atoms with Gasteiger partial charge in [0, 0.05) is 17.9 Å². The van der Waals surface area contributed by atoms with E-state index in [4.69, 9.17) is 4.74 Å². The average Bonchev–Trinajstić information content (AvgIpc) is 3.37. The molecule has 2 aromatic heterocycles. The Hall–Kier alpha value is -3.10. The van der Waals surface area contributed by atoms with Gasteiger partial charge in [-0.3, -0.25) is 4.57 Å². The highest BCUT2D eigenvalue weighted by Gasteiger charge is 2.16. The summed E-state index contributed by atoms with van der Waals surface area (Å²) in [6.07, 6.45) is 3.05. The molecule has 0 bridgehead atoms. The number of allylic oxidation sites excluding steroid dienone is 1. The Kier molecular flexibility index (Phi) is 6.62. The largest absolute Gasteiger partial charge is 0.497 e. The summed E-state index contributed by atoms with van der Waals surface area (Å²) in [5.41, 5.74) is 5.36. The van der Waals surface area contributed by atoms with Gasteiger partial charge in [-0.25, -0.2) is 4.98 Å². The van der Waals surface area contributed by atoms with Gasteiger partial charge in [0.25, 0.3) is 0 Å². The lowest BCUT2D eigenvalue weighted by atomic mass is 10.1. The standard InChI is InChI=1S/C24H27N5O2S/c1-5-10-29-23(18-6-8-20(31-4)9-7-18)26-27-24(29)32-14-19(30)13-28-15-25-21-11-16(2)17(3)12-22(21)28/h5-9,11-12,15,19,30H,1,10,13-14H2,2-4H3. The lowest BCUT2D eigenvalue weighted by molar-refractivity contribution is 0.179. The Bertz CT molecular complexity index is 1230. The van der Waals surface area contributed by atoms with E-state index >= 15 is 0 Å². The fourth-order valence-electron chi connectivity index (χ4n) is 3.55. The molecule has 0 saturated heterocycles. The monoisotopic (exact) mass is 449 g/mol. The van der Waals surface area contributed by atoms with Gasteiger partial charge in [-0.2, -0.15) is 0 Å². The number of aliphatic hydroxyl groups excluding tert-OH is 1. The first-order valence-corrected chi connectivity index (χ1v) is 11.4. The number of aliphatic hydroxyl groups is 1. The molecule has 1 unspecified atom stereocenters. The minimum Gasteiger partial charge on any atom is -0.497 e. The summed E-state index contributed by atoms with van der Waals surface area (Å²) in [6, 6.07) is 11.9. The van der Waals surface area contributed by atoms with Crippen LogP contribution in [0.15, 0.2) is 60.5 Å². The van der Waals surface area contributed by atoms with Crippen molar-refractivity contribution >= 4 is 22.8 Å². The van der Waals surface area contributed by atoms with Crippen LogP contribution in [-0.2, 0) is 13.1 Å². The van der Waals surface area contributed by atoms with Crippen LogP contribution in [0, 0.1) is 13.8 Å². The average molecular weight is 450 g/mol. The normalized spacial score (nSPS) is 12.2. The zero-order valence-corrected chi connectivity index (χ0v) is 19.3. The number of hydrogen-bond acceptors (Lipinski definition) is 6. The van der Waals surface area contributed by atoms with E-state index in [1.54, 1.807) is 13.4 Å². The van der Waals surface area contributed by atoms with Crippen LogP contribution in [0.1, 0.15) is 11.1 Å². The third-order valence-corrected chi connectivity index (χ3v) is 6.54. The molecule has 2 aromatic carbocycles. The lowest BCUT2D eigenvalue weighted by Crippen LogP contribution is -2.18. The fourth-order valence-corrected chi connectivity index (χ4v) is 4.41. The second kappa shape index (κ2) is 9.58. The summed E-state index contributed by atoms with van der Waals surface area (Å²) in [6.45, 7) is 9.08. The molecule has 8 heteroatoms. The Balaban J connectivity index is 1.48. The number of methoxy groups -OCH3 is 1. The maximum Gasteiger partial charge on any atom is 0.191 e. The van der Waals surface area contributed by atoms with E-state index in [0.717, 1.165) is 33.3 Å². The van der Waals surface area contributed by atoms with Crippen molar-refractivity contribution in [3.63, 3.8) is 0 Å². The van der Waals surface area contributed by atoms with E-state index in [9.17, 15) is 5.11 Å². The highest BCUT2D eigenvalue weighted by Crippen LogP contribution is 2.26. The molecule has 0 saturated carbocycles. The molecule has 0 aliphatic rings. The molecule has 0 aliphatic carbocycles. The van der Waals surface area contributed by atoms with Crippen molar-refractivity contribution in [2.24, 2.45) is 0 Å². The highest BCUT2D eigenvalue weighted by atomic mass is 32.2. The third kappa shape index (κ3) is 4.56. The van der Waals surface area contributed by atoms with Crippen molar-refractivity contribution < 1.29 is 9.84 Å². The Labute approximate surface area is 191 Å². The van der Waals surface area contributed by atoms with E-state index in [1.807, 2.05) is 39.5 Å². The third-order valence-electron chi connectivity index (χ3n) is 5.43. The van der Waals surface area contributed by atoms with Crippen LogP contribution in [0.25, 0.3) is 22.4 Å². The zero-order chi connectivity index (χ0) is 22.7. The lowest BCUT2D eigenvalue weighted by Gasteiger charge is -2.13. The first-order chi connectivity index (χ1) is 15.5. The molecule has 0 aliphatic heterocycles. The Morgan fingerprint density at radius 1 is 1.16 bits per heavy atom. The minimum atomic E-state index is -0.558. The molecule has 32 heavy (non-hydrogen) atoms. The van der Waals surface area contributed by atoms with Crippen LogP contribution >= 0.6 is 11.8 Å². The molecule has 2 heterocycles. The smallest absolute Gasteiger partial charge is 0.191 e. The van der Waals surface area contributed by atoms with Gasteiger partial charge in [0.05, 0.1) is 37.1 Å². The number of nitrogens with zero attached hydrogens (tertiary/aromatic N) is 5. The van der Waals surface area contributed by atoms with Crippen LogP contribution in [0.2, 0.25) is 0 Å². The van der Waals surface area contributed by atoms with E-state index in [-0.39, 0.29) is 0 Å². The molecular formula is C24H27N5O2S. The number of imidazole rings is 1. The van der Waals surface area contributed by atoms with Crippen LogP contribution in [-0.4, -0.2) is 48.4 Å². The molecule has 1 N–H and O–H groups in total. The molecular weight excluding hydrogens is 422 g/mol. The molecule has 4 rings (SSSR count). The van der Waals surface area contributed by atoms with Crippen molar-refractivity contribution in [1.82, 2.24) is 24.3 Å². The fraction of sp³-hybridized carbons (Fsp3) is 0.292. The number of aryl methyl sites for hydroxylation is 2. The molecule has 1 atom stereocenters. The van der Waals surface area contributed by atoms with Crippen molar-refractivity contribution in [2.75, 3.05) is 12.9 Å². The Morgan fingerprint density at radius 2 is 1.91 bits per heavy atom. The second-order valence-electron chi connectivity index (χ2n) is 7.72. The van der Waals surface area contributed by atoms with Gasteiger partial charge in [-0.1, -0.05) is 17.8 Å². The first kappa shape index (κ1) is 22.1. The van der Waals surface area contributed by atoms with Gasteiger partial charge < -0.3 is 14.4 Å². The maximum absolute atomic E-state index is 10.7. The number of aromatic nitrogens is 5. The number of ether oxygens (including phenoxy) is 1. The summed E-state index contributed by atoms with van der Waals surface area (Å²) in [5.74, 6) is 2.04. The van der Waals surface area contributed by atoms with Gasteiger partial charge in [0.2, 0.25) is 0 Å². The van der Waals surface area contributed by atoms with Gasteiger partial charge in [-0.15, -0.1) is 16.8 Å². The maximum atomic E-state index is 10.7. The van der Waals surface area contributed by atoms with Gasteiger partial charge >= 0.3 is 0 Å². The molecule has 7 nitrogen and oxygen atoms in total. The number of fused-ring (bicyclic) bond motifs is 1. The number of hydrogen-bond donors (Lipinski definition) is 1. The van der Waals surface area contributed by atoms with E-state index in [1.165, 1.54) is 22.9 Å². The van der Waals surface area contributed by atoms with Crippen LogP contribution < -0.4 is 4.74 Å². The molecule has 0 amide bonds. The molecule has 0 radical (unpaired) electrons. The van der Waals surface area contributed by atoms with Crippen LogP contribution in [0.5, 0.6) is 5.75 Å². The van der Waals surface area contributed by atoms with Crippen molar-refractivity contribution in [3.8, 4) is 17.1 Å². The molecule has 0 fully saturated rings. The van der Waals surface area contributed by atoms with E-state index < -0.39 is 6.10 Å². The van der Waals surface area contributed by atoms with Gasteiger partial charge in [0.15, 0.2) is 11.0 Å². The van der Waals surface area contributed by atoms with Crippen LogP contribution in [0.3, 0.4) is 0 Å². The van der Waals surface area contributed by atoms with Crippen LogP contribution in [0.4, 0.5) is 0 Å². The Morgan fingerprint density at radius 3 is 2.62 bits per heavy atom. The molecule has 0 spiro atoms. The highest BCUT2D eigenvalue weighted by molar-refractivity contribution is 7.99. The summed E-state index contributed by atoms with van der Waals surface area (Å²) in [7, 11) is 1.64. The number of thioether (sulfide) groups is 1. The second-order valence-corrected chi connectivity index (χ2v) is 8.71. The van der Waals surface area contributed by atoms with Gasteiger partial charge in [0.1, 0.15) is 5.75 Å². The topological polar surface area (TPSA) is 78.0 Å². The van der Waals surface area contributed by atoms with Gasteiger partial charge in [-0.05, 0) is 61.4 Å². The SMILES string of the molecule is C=CCn1c(SCC(O)Cn2cnc3cc(C)c(C)cc32)nnc1-c1ccc(OC)cc1. The molecule has 166 valence electrons. The summed E-state index contributed by atoms with van der Waals surface area (Å²) >= 11 is 1.48. The summed E-state index contributed by atoms with van der Waals surface area (Å²) in [5, 5.41) is 20.2. The van der Waals surface area contributed by atoms with Crippen molar-refractivity contribution in [1.29, 1.82) is 0 Å².